The highest BCUT2D eigenvalue weighted by molar-refractivity contribution is 5.71. The Morgan fingerprint density at radius 3 is 2.61 bits per heavy atom. The van der Waals surface area contributed by atoms with Crippen LogP contribution >= 0.6 is 0 Å². The molecule has 28 heavy (non-hydrogen) atoms. The lowest BCUT2D eigenvalue weighted by molar-refractivity contribution is -0.237. The van der Waals surface area contributed by atoms with Crippen LogP contribution in [0.4, 0.5) is 0 Å². The Balaban J connectivity index is 1.48. The molecule has 0 aromatic heterocycles. The van der Waals surface area contributed by atoms with Crippen LogP contribution < -0.4 is 9.47 Å². The van der Waals surface area contributed by atoms with E-state index in [0.717, 1.165) is 38.9 Å². The van der Waals surface area contributed by atoms with Crippen LogP contribution in [-0.4, -0.2) is 32.1 Å². The van der Waals surface area contributed by atoms with Gasteiger partial charge in [-0.3, -0.25) is 4.79 Å². The van der Waals surface area contributed by atoms with Gasteiger partial charge in [-0.2, -0.15) is 0 Å². The molecular formula is C23H30O5. The van der Waals surface area contributed by atoms with Crippen LogP contribution in [-0.2, 0) is 20.7 Å². The molecule has 1 aromatic carbocycles. The fourth-order valence-electron chi connectivity index (χ4n) is 6.86. The van der Waals surface area contributed by atoms with Crippen molar-refractivity contribution in [1.82, 2.24) is 0 Å². The monoisotopic (exact) mass is 386 g/mol. The second-order valence-corrected chi connectivity index (χ2v) is 9.16. The van der Waals surface area contributed by atoms with Crippen molar-refractivity contribution in [2.75, 3.05) is 20.3 Å². The second-order valence-electron chi connectivity index (χ2n) is 9.16. The summed E-state index contributed by atoms with van der Waals surface area (Å²) in [6.07, 6.45) is 6.70. The van der Waals surface area contributed by atoms with E-state index in [1.807, 2.05) is 6.07 Å². The van der Waals surface area contributed by atoms with Crippen molar-refractivity contribution >= 4 is 5.97 Å². The highest BCUT2D eigenvalue weighted by Crippen LogP contribution is 2.66. The van der Waals surface area contributed by atoms with Gasteiger partial charge in [0.2, 0.25) is 0 Å². The van der Waals surface area contributed by atoms with E-state index >= 15 is 0 Å². The molecule has 2 saturated carbocycles. The predicted octanol–water partition coefficient (Wildman–Crippen LogP) is 4.22. The number of hydrogen-bond acceptors (Lipinski definition) is 5. The summed E-state index contributed by atoms with van der Waals surface area (Å²) in [5, 5.41) is 0. The Bertz CT molecular complexity index is 796. The lowest BCUT2D eigenvalue weighted by atomic mass is 9.55. The Hall–Kier alpha value is -1.59. The zero-order valence-corrected chi connectivity index (χ0v) is 17.1. The molecule has 0 bridgehead atoms. The van der Waals surface area contributed by atoms with Crippen molar-refractivity contribution in [3.8, 4) is 11.5 Å². The van der Waals surface area contributed by atoms with E-state index in [0.29, 0.717) is 29.3 Å². The zero-order valence-electron chi connectivity index (χ0n) is 17.1. The average Bonchev–Trinajstić information content (AvgIpc) is 3.27. The Morgan fingerprint density at radius 1 is 1.11 bits per heavy atom. The number of benzene rings is 1. The number of ether oxygens (including phenoxy) is 4. The summed E-state index contributed by atoms with van der Waals surface area (Å²) >= 11 is 0. The minimum atomic E-state index is -0.347. The molecule has 4 aliphatic rings. The van der Waals surface area contributed by atoms with Crippen LogP contribution in [0.5, 0.6) is 11.5 Å². The summed E-state index contributed by atoms with van der Waals surface area (Å²) < 4.78 is 23.4. The second kappa shape index (κ2) is 6.46. The molecule has 1 aromatic rings. The molecule has 0 amide bonds. The lowest BCUT2D eigenvalue weighted by Crippen LogP contribution is -2.51. The summed E-state index contributed by atoms with van der Waals surface area (Å²) in [6, 6.07) is 4.15. The first kappa shape index (κ1) is 18.4. The van der Waals surface area contributed by atoms with Gasteiger partial charge in [0.1, 0.15) is 0 Å². The van der Waals surface area contributed by atoms with E-state index in [-0.39, 0.29) is 17.2 Å². The maximum Gasteiger partial charge on any atom is 0.308 e. The fourth-order valence-corrected chi connectivity index (χ4v) is 6.86. The third-order valence-electron chi connectivity index (χ3n) is 8.06. The first-order valence-electron chi connectivity index (χ1n) is 10.6. The lowest BCUT2D eigenvalue weighted by Gasteiger charge is -2.52. The molecule has 5 heteroatoms. The normalized spacial score (nSPS) is 35.2. The van der Waals surface area contributed by atoms with Crippen molar-refractivity contribution in [2.24, 2.45) is 17.3 Å². The third kappa shape index (κ3) is 2.48. The summed E-state index contributed by atoms with van der Waals surface area (Å²) in [5.74, 6) is 2.37. The topological polar surface area (TPSA) is 54.0 Å². The van der Waals surface area contributed by atoms with Crippen molar-refractivity contribution in [2.45, 2.75) is 64.1 Å². The Kier molecular flexibility index (Phi) is 4.25. The van der Waals surface area contributed by atoms with Crippen molar-refractivity contribution < 1.29 is 23.7 Å². The van der Waals surface area contributed by atoms with E-state index < -0.39 is 0 Å². The van der Waals surface area contributed by atoms with E-state index in [1.165, 1.54) is 30.9 Å². The number of methoxy groups -OCH3 is 1. The van der Waals surface area contributed by atoms with Gasteiger partial charge < -0.3 is 18.9 Å². The number of rotatable bonds is 2. The van der Waals surface area contributed by atoms with Gasteiger partial charge in [-0.05, 0) is 73.1 Å². The molecule has 5 rings (SSSR count). The van der Waals surface area contributed by atoms with Gasteiger partial charge in [-0.25, -0.2) is 0 Å². The molecule has 152 valence electrons. The molecule has 1 saturated heterocycles. The quantitative estimate of drug-likeness (QED) is 0.563. The average molecular weight is 386 g/mol. The molecule has 5 nitrogen and oxygen atoms in total. The number of aryl methyl sites for hydroxylation is 1. The van der Waals surface area contributed by atoms with Crippen LogP contribution in [0.3, 0.4) is 0 Å². The molecule has 3 fully saturated rings. The van der Waals surface area contributed by atoms with E-state index in [1.54, 1.807) is 7.11 Å². The van der Waals surface area contributed by atoms with E-state index in [9.17, 15) is 4.79 Å². The van der Waals surface area contributed by atoms with Gasteiger partial charge in [0, 0.05) is 18.8 Å². The highest BCUT2D eigenvalue weighted by atomic mass is 16.7. The van der Waals surface area contributed by atoms with Gasteiger partial charge in [0.05, 0.1) is 20.3 Å². The van der Waals surface area contributed by atoms with Crippen LogP contribution in [0, 0.1) is 17.3 Å². The third-order valence-corrected chi connectivity index (χ3v) is 8.06. The smallest absolute Gasteiger partial charge is 0.308 e. The molecular weight excluding hydrogens is 356 g/mol. The van der Waals surface area contributed by atoms with Gasteiger partial charge in [0.15, 0.2) is 17.3 Å². The largest absolute Gasteiger partial charge is 0.493 e. The first-order chi connectivity index (χ1) is 13.5. The Labute approximate surface area is 166 Å². The van der Waals surface area contributed by atoms with Crippen molar-refractivity contribution in [1.29, 1.82) is 0 Å². The molecule has 0 N–H and O–H groups in total. The van der Waals surface area contributed by atoms with Crippen LogP contribution in [0.2, 0.25) is 0 Å². The predicted molar refractivity (Wildman–Crippen MR) is 104 cm³/mol. The van der Waals surface area contributed by atoms with Gasteiger partial charge >= 0.3 is 5.97 Å². The van der Waals surface area contributed by atoms with E-state index in [4.69, 9.17) is 18.9 Å². The maximum atomic E-state index is 11.5. The number of hydrogen-bond donors (Lipinski definition) is 0. The standard InChI is InChI=1S/C23H30O5/c1-14(24)28-21-12-15-4-5-17-16(18(15)13-20(21)25-3)6-8-22(2)19(17)7-9-23(22)26-10-11-27-23/h12-13,16-17,19H,4-11H2,1-3H3/t16?,17?,19?,22-/m0/s1. The molecule has 1 heterocycles. The fraction of sp³-hybridized carbons (Fsp3) is 0.696. The van der Waals surface area contributed by atoms with Crippen LogP contribution in [0.25, 0.3) is 0 Å². The summed E-state index contributed by atoms with van der Waals surface area (Å²) in [4.78, 5) is 11.5. The Morgan fingerprint density at radius 2 is 1.89 bits per heavy atom. The molecule has 1 spiro atoms. The molecule has 4 atom stereocenters. The molecule has 3 aliphatic carbocycles. The van der Waals surface area contributed by atoms with Crippen LogP contribution in [0.15, 0.2) is 12.1 Å². The van der Waals surface area contributed by atoms with Gasteiger partial charge in [0.25, 0.3) is 0 Å². The summed E-state index contributed by atoms with van der Waals surface area (Å²) in [6.45, 7) is 5.30. The summed E-state index contributed by atoms with van der Waals surface area (Å²) in [5.41, 5.74) is 2.81. The van der Waals surface area contributed by atoms with E-state index in [2.05, 4.69) is 13.0 Å². The molecule has 0 radical (unpaired) electrons. The minimum Gasteiger partial charge on any atom is -0.493 e. The molecule has 1 aliphatic heterocycles. The van der Waals surface area contributed by atoms with Crippen molar-refractivity contribution in [3.05, 3.63) is 23.3 Å². The SMILES string of the molecule is COc1cc2c(cc1OC(C)=O)CCC1C2CC[C@@]2(C)C1CCC21OCCO1. The minimum absolute atomic E-state index is 0.115. The highest BCUT2D eigenvalue weighted by Gasteiger charge is 2.65. The zero-order chi connectivity index (χ0) is 19.5. The van der Waals surface area contributed by atoms with Gasteiger partial charge in [-0.1, -0.05) is 6.92 Å². The first-order valence-corrected chi connectivity index (χ1v) is 10.6. The number of carbonyl (C=O) groups excluding carboxylic acids is 1. The van der Waals surface area contributed by atoms with Gasteiger partial charge in [-0.15, -0.1) is 0 Å². The van der Waals surface area contributed by atoms with Crippen molar-refractivity contribution in [3.63, 3.8) is 0 Å². The maximum absolute atomic E-state index is 11.5. The molecule has 3 unspecified atom stereocenters. The number of fused-ring (bicyclic) bond motifs is 6. The number of carbonyl (C=O) groups is 1. The summed E-state index contributed by atoms with van der Waals surface area (Å²) in [7, 11) is 1.64. The van der Waals surface area contributed by atoms with Crippen LogP contribution in [0.1, 0.15) is 63.0 Å². The number of esters is 1.